The first-order valence-corrected chi connectivity index (χ1v) is 11.3. The molecule has 3 heterocycles. The molecule has 9 nitrogen and oxygen atoms in total. The topological polar surface area (TPSA) is 94.0 Å². The van der Waals surface area contributed by atoms with Crippen LogP contribution in [-0.2, 0) is 32.4 Å². The molecule has 1 amide bonds. The lowest BCUT2D eigenvalue weighted by Gasteiger charge is -2.34. The zero-order chi connectivity index (χ0) is 19.4. The van der Waals surface area contributed by atoms with Crippen LogP contribution in [0.4, 0.5) is 4.79 Å². The van der Waals surface area contributed by atoms with Crippen molar-refractivity contribution in [3.05, 3.63) is 11.9 Å². The molecule has 2 fully saturated rings. The van der Waals surface area contributed by atoms with Crippen LogP contribution in [0.15, 0.2) is 11.4 Å². The van der Waals surface area contributed by atoms with E-state index in [1.165, 1.54) is 6.26 Å². The maximum Gasteiger partial charge on any atom is 0.409 e. The van der Waals surface area contributed by atoms with Crippen molar-refractivity contribution in [2.24, 2.45) is 0 Å². The second kappa shape index (κ2) is 8.57. The predicted molar refractivity (Wildman–Crippen MR) is 98.2 cm³/mol. The molecule has 0 aromatic carbocycles. The van der Waals surface area contributed by atoms with Crippen molar-refractivity contribution in [2.45, 2.75) is 44.1 Å². The Kier molecular flexibility index (Phi) is 6.38. The summed E-state index contributed by atoms with van der Waals surface area (Å²) >= 11 is 0. The first kappa shape index (κ1) is 20.1. The minimum atomic E-state index is -3.41. The highest BCUT2D eigenvalue weighted by atomic mass is 32.2. The van der Waals surface area contributed by atoms with Crippen LogP contribution < -0.4 is 0 Å². The summed E-state index contributed by atoms with van der Waals surface area (Å²) in [4.78, 5) is 19.9. The van der Waals surface area contributed by atoms with Crippen LogP contribution in [0.1, 0.15) is 25.5 Å². The lowest BCUT2D eigenvalue weighted by molar-refractivity contribution is 0.0753. The number of sulfone groups is 1. The zero-order valence-corrected chi connectivity index (χ0v) is 16.8. The molecule has 3 rings (SSSR count). The van der Waals surface area contributed by atoms with Crippen LogP contribution >= 0.6 is 0 Å². The molecule has 1 aromatic rings. The van der Waals surface area contributed by atoms with E-state index in [0.717, 1.165) is 25.1 Å². The highest BCUT2D eigenvalue weighted by Crippen LogP contribution is 2.20. The number of amides is 1. The fraction of sp³-hybridized carbons (Fsp3) is 0.765. The average Bonchev–Trinajstić information content (AvgIpc) is 3.26. The quantitative estimate of drug-likeness (QED) is 0.695. The molecule has 152 valence electrons. The smallest absolute Gasteiger partial charge is 0.409 e. The Balaban J connectivity index is 1.68. The molecule has 0 unspecified atom stereocenters. The summed E-state index contributed by atoms with van der Waals surface area (Å²) in [6.45, 7) is 6.58. The Morgan fingerprint density at radius 1 is 1.33 bits per heavy atom. The van der Waals surface area contributed by atoms with Crippen molar-refractivity contribution in [1.29, 1.82) is 0 Å². The molecule has 1 atom stereocenters. The molecule has 27 heavy (non-hydrogen) atoms. The largest absolute Gasteiger partial charge is 0.450 e. The van der Waals surface area contributed by atoms with Gasteiger partial charge in [0.1, 0.15) is 0 Å². The van der Waals surface area contributed by atoms with Crippen molar-refractivity contribution in [1.82, 2.24) is 19.4 Å². The number of ether oxygens (including phenoxy) is 2. The second-order valence-electron chi connectivity index (χ2n) is 7.01. The van der Waals surface area contributed by atoms with Crippen LogP contribution in [0, 0.1) is 0 Å². The van der Waals surface area contributed by atoms with E-state index in [4.69, 9.17) is 9.47 Å². The molecule has 2 saturated heterocycles. The summed E-state index contributed by atoms with van der Waals surface area (Å²) in [6.07, 6.45) is 4.50. The summed E-state index contributed by atoms with van der Waals surface area (Å²) < 4.78 is 36.7. The summed E-state index contributed by atoms with van der Waals surface area (Å²) in [7, 11) is -3.41. The van der Waals surface area contributed by atoms with Crippen molar-refractivity contribution in [3.8, 4) is 0 Å². The van der Waals surface area contributed by atoms with Crippen molar-refractivity contribution >= 4 is 15.9 Å². The predicted octanol–water partition coefficient (Wildman–Crippen LogP) is 0.740. The number of rotatable bonds is 6. The first-order valence-electron chi connectivity index (χ1n) is 9.38. The van der Waals surface area contributed by atoms with Gasteiger partial charge >= 0.3 is 6.09 Å². The Bertz CT molecular complexity index is 749. The highest BCUT2D eigenvalue weighted by molar-refractivity contribution is 7.90. The maximum absolute atomic E-state index is 12.1. The summed E-state index contributed by atoms with van der Waals surface area (Å²) in [5, 5.41) is 0.0955. The molecule has 1 aromatic heterocycles. The minimum Gasteiger partial charge on any atom is -0.450 e. The summed E-state index contributed by atoms with van der Waals surface area (Å²) in [6, 6.07) is 0. The normalized spacial score (nSPS) is 21.6. The Morgan fingerprint density at radius 3 is 2.67 bits per heavy atom. The number of hydrogen-bond donors (Lipinski definition) is 0. The van der Waals surface area contributed by atoms with Gasteiger partial charge in [0.15, 0.2) is 0 Å². The van der Waals surface area contributed by atoms with Gasteiger partial charge in [-0.3, -0.25) is 4.90 Å². The third-order valence-corrected chi connectivity index (χ3v) is 5.92. The van der Waals surface area contributed by atoms with E-state index >= 15 is 0 Å². The van der Waals surface area contributed by atoms with Gasteiger partial charge in [0.25, 0.3) is 0 Å². The molecule has 2 aliphatic heterocycles. The molecule has 0 aliphatic carbocycles. The highest BCUT2D eigenvalue weighted by Gasteiger charge is 2.26. The Labute approximate surface area is 160 Å². The summed E-state index contributed by atoms with van der Waals surface area (Å²) in [5.74, 6) is 0. The lowest BCUT2D eigenvalue weighted by atomic mass is 10.2. The Morgan fingerprint density at radius 2 is 2.07 bits per heavy atom. The molecule has 0 radical (unpaired) electrons. The first-order chi connectivity index (χ1) is 12.9. The minimum absolute atomic E-state index is 0.0270. The van der Waals surface area contributed by atoms with Gasteiger partial charge in [-0.25, -0.2) is 18.2 Å². The van der Waals surface area contributed by atoms with Crippen LogP contribution in [-0.4, -0.2) is 85.6 Å². The third-order valence-electron chi connectivity index (χ3n) is 4.93. The SMILES string of the molecule is CCOC(=O)N1CCN(Cc2cnc(S(C)(=O)=O)n2C[C@H]2CCCO2)CC1. The number of nitrogens with zero attached hydrogens (tertiary/aromatic N) is 4. The fourth-order valence-corrected chi connectivity index (χ4v) is 4.37. The van der Waals surface area contributed by atoms with Gasteiger partial charge in [-0.05, 0) is 19.8 Å². The van der Waals surface area contributed by atoms with Gasteiger partial charge in [-0.2, -0.15) is 0 Å². The number of hydrogen-bond acceptors (Lipinski definition) is 7. The van der Waals surface area contributed by atoms with Gasteiger partial charge in [0.05, 0.1) is 31.1 Å². The van der Waals surface area contributed by atoms with Crippen LogP contribution in [0.5, 0.6) is 0 Å². The standard InChI is InChI=1S/C17H28N4O5S/c1-3-25-17(22)20-8-6-19(7-9-20)12-14-11-18-16(27(2,23)24)21(14)13-15-5-4-10-26-15/h11,15H,3-10,12-13H2,1-2H3/t15-/m1/s1. The van der Waals surface area contributed by atoms with Crippen molar-refractivity contribution < 1.29 is 22.7 Å². The molecule has 0 N–H and O–H groups in total. The molecule has 0 saturated carbocycles. The molecule has 0 bridgehead atoms. The Hall–Kier alpha value is -1.65. The average molecular weight is 401 g/mol. The fourth-order valence-electron chi connectivity index (χ4n) is 3.53. The van der Waals surface area contributed by atoms with Crippen molar-refractivity contribution in [2.75, 3.05) is 45.6 Å². The van der Waals surface area contributed by atoms with E-state index in [0.29, 0.717) is 45.9 Å². The van der Waals surface area contributed by atoms with Crippen LogP contribution in [0.3, 0.4) is 0 Å². The van der Waals surface area contributed by atoms with Gasteiger partial charge < -0.3 is 18.9 Å². The van der Waals surface area contributed by atoms with E-state index < -0.39 is 9.84 Å². The third kappa shape index (κ3) is 4.99. The number of aromatic nitrogens is 2. The van der Waals surface area contributed by atoms with E-state index in [9.17, 15) is 13.2 Å². The molecule has 0 spiro atoms. The van der Waals surface area contributed by atoms with Gasteiger partial charge in [-0.1, -0.05) is 0 Å². The van der Waals surface area contributed by atoms with E-state index in [-0.39, 0.29) is 17.4 Å². The number of imidazole rings is 1. The monoisotopic (exact) mass is 400 g/mol. The molecule has 2 aliphatic rings. The van der Waals surface area contributed by atoms with Crippen LogP contribution in [0.25, 0.3) is 0 Å². The van der Waals surface area contributed by atoms with E-state index in [1.54, 1.807) is 22.6 Å². The van der Waals surface area contributed by atoms with Gasteiger partial charge in [-0.15, -0.1) is 0 Å². The number of piperazine rings is 1. The lowest BCUT2D eigenvalue weighted by Crippen LogP contribution is -2.48. The number of carbonyl (C=O) groups is 1. The molecular weight excluding hydrogens is 372 g/mol. The molecule has 10 heteroatoms. The van der Waals surface area contributed by atoms with Gasteiger partial charge in [0, 0.05) is 45.6 Å². The van der Waals surface area contributed by atoms with Crippen LogP contribution in [0.2, 0.25) is 0 Å². The number of carbonyl (C=O) groups excluding carboxylic acids is 1. The van der Waals surface area contributed by atoms with E-state index in [1.807, 2.05) is 0 Å². The molecular formula is C17H28N4O5S. The van der Waals surface area contributed by atoms with Gasteiger partial charge in [0.2, 0.25) is 15.0 Å². The summed E-state index contributed by atoms with van der Waals surface area (Å²) in [5.41, 5.74) is 0.857. The van der Waals surface area contributed by atoms with Crippen molar-refractivity contribution in [3.63, 3.8) is 0 Å². The van der Waals surface area contributed by atoms with E-state index in [2.05, 4.69) is 9.88 Å². The maximum atomic E-state index is 12.1. The zero-order valence-electron chi connectivity index (χ0n) is 16.0. The second-order valence-corrected chi connectivity index (χ2v) is 8.92.